The maximum Gasteiger partial charge on any atom is 0.255 e. The van der Waals surface area contributed by atoms with Gasteiger partial charge >= 0.3 is 0 Å². The molecule has 0 bridgehead atoms. The summed E-state index contributed by atoms with van der Waals surface area (Å²) in [5.41, 5.74) is 3.98. The van der Waals surface area contributed by atoms with E-state index in [0.29, 0.717) is 17.9 Å². The van der Waals surface area contributed by atoms with Gasteiger partial charge in [0.15, 0.2) is 0 Å². The summed E-state index contributed by atoms with van der Waals surface area (Å²) in [5, 5.41) is 13.3. The molecule has 1 aliphatic rings. The monoisotopic (exact) mass is 402 g/mol. The smallest absolute Gasteiger partial charge is 0.255 e. The maximum atomic E-state index is 12.4. The Balaban J connectivity index is 1.28. The highest BCUT2D eigenvalue weighted by molar-refractivity contribution is 6.04. The number of benzene rings is 3. The molecule has 0 spiro atoms. The van der Waals surface area contributed by atoms with Gasteiger partial charge in [-0.1, -0.05) is 48.5 Å². The average molecular weight is 402 g/mol. The second kappa shape index (κ2) is 9.57. The molecule has 0 saturated heterocycles. The molecule has 0 aliphatic carbocycles. The van der Waals surface area contributed by atoms with Crippen LogP contribution in [-0.2, 0) is 13.0 Å². The molecule has 30 heavy (non-hydrogen) atoms. The Bertz CT molecular complexity index is 990. The van der Waals surface area contributed by atoms with Gasteiger partial charge in [0.1, 0.15) is 18.5 Å². The van der Waals surface area contributed by atoms with E-state index in [-0.39, 0.29) is 12.5 Å². The summed E-state index contributed by atoms with van der Waals surface area (Å²) in [6.45, 7) is 2.52. The third-order valence-corrected chi connectivity index (χ3v) is 5.25. The number of ether oxygens (including phenoxy) is 1. The van der Waals surface area contributed by atoms with Crippen molar-refractivity contribution in [2.75, 3.05) is 25.0 Å². The summed E-state index contributed by atoms with van der Waals surface area (Å²) in [7, 11) is 0. The number of aliphatic hydroxyl groups excluding tert-OH is 1. The molecule has 0 fully saturated rings. The SMILES string of the molecule is O=C(Nc1ccccc1)c1cccc(OCC(O)CN2CCc3ccccc3C2)c1. The zero-order valence-corrected chi connectivity index (χ0v) is 16.8. The fraction of sp³-hybridized carbons (Fsp3) is 0.240. The standard InChI is InChI=1S/C25H26N2O3/c28-23(17-27-14-13-19-7-4-5-8-21(19)16-27)18-30-24-12-6-9-20(15-24)25(29)26-22-10-2-1-3-11-22/h1-12,15,23,28H,13-14,16-18H2,(H,26,29). The predicted molar refractivity (Wildman–Crippen MR) is 118 cm³/mol. The fourth-order valence-electron chi connectivity index (χ4n) is 3.71. The molecule has 1 atom stereocenters. The number of anilines is 1. The maximum absolute atomic E-state index is 12.4. The summed E-state index contributed by atoms with van der Waals surface area (Å²) in [6, 6.07) is 24.8. The van der Waals surface area contributed by atoms with Gasteiger partial charge in [0.2, 0.25) is 0 Å². The minimum absolute atomic E-state index is 0.182. The van der Waals surface area contributed by atoms with Gasteiger partial charge in [0.25, 0.3) is 5.91 Å². The molecule has 154 valence electrons. The average Bonchev–Trinajstić information content (AvgIpc) is 2.78. The highest BCUT2D eigenvalue weighted by Crippen LogP contribution is 2.19. The normalized spacial score (nSPS) is 14.6. The Morgan fingerprint density at radius 1 is 1.00 bits per heavy atom. The predicted octanol–water partition coefficient (Wildman–Crippen LogP) is 3.74. The lowest BCUT2D eigenvalue weighted by Gasteiger charge is -2.30. The molecule has 3 aromatic carbocycles. The molecule has 5 nitrogen and oxygen atoms in total. The molecular weight excluding hydrogens is 376 g/mol. The summed E-state index contributed by atoms with van der Waals surface area (Å²) < 4.78 is 5.76. The number of β-amino-alcohol motifs (C(OH)–C–C–N with tert-alkyl or cyclic N) is 1. The van der Waals surface area contributed by atoms with E-state index in [4.69, 9.17) is 4.74 Å². The molecule has 1 amide bonds. The lowest BCUT2D eigenvalue weighted by molar-refractivity contribution is 0.0637. The third-order valence-electron chi connectivity index (χ3n) is 5.25. The number of carbonyl (C=O) groups excluding carboxylic acids is 1. The number of hydrogen-bond donors (Lipinski definition) is 2. The van der Waals surface area contributed by atoms with Crippen molar-refractivity contribution in [1.29, 1.82) is 0 Å². The Hall–Kier alpha value is -3.15. The number of nitrogens with one attached hydrogen (secondary N) is 1. The zero-order chi connectivity index (χ0) is 20.8. The summed E-state index contributed by atoms with van der Waals surface area (Å²) >= 11 is 0. The Labute approximate surface area is 176 Å². The Morgan fingerprint density at radius 2 is 1.77 bits per heavy atom. The van der Waals surface area contributed by atoms with E-state index in [9.17, 15) is 9.90 Å². The lowest BCUT2D eigenvalue weighted by atomic mass is 10.00. The van der Waals surface area contributed by atoms with Crippen LogP contribution in [0.2, 0.25) is 0 Å². The van der Waals surface area contributed by atoms with Crippen molar-refractivity contribution in [3.8, 4) is 5.75 Å². The van der Waals surface area contributed by atoms with Gasteiger partial charge < -0.3 is 15.2 Å². The number of aliphatic hydroxyl groups is 1. The van der Waals surface area contributed by atoms with Crippen molar-refractivity contribution in [2.45, 2.75) is 19.1 Å². The number of hydrogen-bond acceptors (Lipinski definition) is 4. The van der Waals surface area contributed by atoms with Crippen LogP contribution in [0.5, 0.6) is 5.75 Å². The number of rotatable bonds is 7. The number of fused-ring (bicyclic) bond motifs is 1. The van der Waals surface area contributed by atoms with Gasteiger partial charge in [0.05, 0.1) is 0 Å². The molecule has 5 heteroatoms. The van der Waals surface area contributed by atoms with E-state index < -0.39 is 6.10 Å². The van der Waals surface area contributed by atoms with Crippen LogP contribution in [0, 0.1) is 0 Å². The second-order valence-corrected chi connectivity index (χ2v) is 7.57. The zero-order valence-electron chi connectivity index (χ0n) is 16.8. The van der Waals surface area contributed by atoms with Crippen molar-refractivity contribution < 1.29 is 14.6 Å². The van der Waals surface area contributed by atoms with Crippen LogP contribution in [0.15, 0.2) is 78.9 Å². The van der Waals surface area contributed by atoms with Gasteiger partial charge in [-0.3, -0.25) is 9.69 Å². The lowest BCUT2D eigenvalue weighted by Crippen LogP contribution is -2.38. The topological polar surface area (TPSA) is 61.8 Å². The number of para-hydroxylation sites is 1. The van der Waals surface area contributed by atoms with Crippen LogP contribution in [0.1, 0.15) is 21.5 Å². The first kappa shape index (κ1) is 20.1. The second-order valence-electron chi connectivity index (χ2n) is 7.57. The van der Waals surface area contributed by atoms with Crippen molar-refractivity contribution in [1.82, 2.24) is 4.90 Å². The van der Waals surface area contributed by atoms with Gasteiger partial charge in [-0.15, -0.1) is 0 Å². The van der Waals surface area contributed by atoms with Crippen LogP contribution < -0.4 is 10.1 Å². The van der Waals surface area contributed by atoms with Gasteiger partial charge in [-0.25, -0.2) is 0 Å². The van der Waals surface area contributed by atoms with E-state index in [0.717, 1.165) is 25.2 Å². The van der Waals surface area contributed by atoms with Gasteiger partial charge in [-0.05, 0) is 47.9 Å². The molecule has 1 heterocycles. The highest BCUT2D eigenvalue weighted by Gasteiger charge is 2.19. The first-order valence-corrected chi connectivity index (χ1v) is 10.2. The first-order valence-electron chi connectivity index (χ1n) is 10.2. The molecule has 0 saturated carbocycles. The van der Waals surface area contributed by atoms with E-state index in [1.165, 1.54) is 11.1 Å². The Kier molecular flexibility index (Phi) is 6.42. The molecular formula is C25H26N2O3. The highest BCUT2D eigenvalue weighted by atomic mass is 16.5. The van der Waals surface area contributed by atoms with Crippen LogP contribution >= 0.6 is 0 Å². The summed E-state index contributed by atoms with van der Waals surface area (Å²) in [5.74, 6) is 0.373. The quantitative estimate of drug-likeness (QED) is 0.632. The van der Waals surface area contributed by atoms with Gasteiger partial charge in [0, 0.05) is 30.9 Å². The van der Waals surface area contributed by atoms with Crippen LogP contribution in [0.3, 0.4) is 0 Å². The van der Waals surface area contributed by atoms with E-state index >= 15 is 0 Å². The van der Waals surface area contributed by atoms with E-state index in [2.05, 4.69) is 34.5 Å². The Morgan fingerprint density at radius 3 is 2.60 bits per heavy atom. The first-order chi connectivity index (χ1) is 14.7. The van der Waals surface area contributed by atoms with Crippen LogP contribution in [-0.4, -0.2) is 41.7 Å². The molecule has 0 aromatic heterocycles. The fourth-order valence-corrected chi connectivity index (χ4v) is 3.71. The van der Waals surface area contributed by atoms with Crippen LogP contribution in [0.25, 0.3) is 0 Å². The molecule has 3 aromatic rings. The minimum atomic E-state index is -0.600. The molecule has 1 unspecified atom stereocenters. The molecule has 1 aliphatic heterocycles. The molecule has 4 rings (SSSR count). The number of carbonyl (C=O) groups is 1. The number of nitrogens with zero attached hydrogens (tertiary/aromatic N) is 1. The molecule has 0 radical (unpaired) electrons. The number of amides is 1. The van der Waals surface area contributed by atoms with Crippen molar-refractivity contribution >= 4 is 11.6 Å². The summed E-state index contributed by atoms with van der Waals surface area (Å²) in [6.07, 6.45) is 0.402. The van der Waals surface area contributed by atoms with Crippen molar-refractivity contribution in [3.63, 3.8) is 0 Å². The third kappa shape index (κ3) is 5.26. The van der Waals surface area contributed by atoms with Crippen molar-refractivity contribution in [2.24, 2.45) is 0 Å². The van der Waals surface area contributed by atoms with Crippen LogP contribution in [0.4, 0.5) is 5.69 Å². The largest absolute Gasteiger partial charge is 0.491 e. The van der Waals surface area contributed by atoms with Crippen molar-refractivity contribution in [3.05, 3.63) is 95.6 Å². The van der Waals surface area contributed by atoms with Gasteiger partial charge in [-0.2, -0.15) is 0 Å². The molecule has 2 N–H and O–H groups in total. The van der Waals surface area contributed by atoms with E-state index in [1.54, 1.807) is 24.3 Å². The van der Waals surface area contributed by atoms with E-state index in [1.807, 2.05) is 30.3 Å². The summed E-state index contributed by atoms with van der Waals surface area (Å²) in [4.78, 5) is 14.7. The minimum Gasteiger partial charge on any atom is -0.491 e.